The SMILES string of the molecule is Cl.Cl.O=C(NC1CC2CCC(C1)N2)c1cncc(-c2ccc(Cl)cc2)c1. The van der Waals surface area contributed by atoms with Crippen LogP contribution in [0.3, 0.4) is 0 Å². The number of carbonyl (C=O) groups is 1. The van der Waals surface area contributed by atoms with Gasteiger partial charge in [-0.15, -0.1) is 24.8 Å². The molecular weight excluding hydrogens is 393 g/mol. The fourth-order valence-corrected chi connectivity index (χ4v) is 3.93. The summed E-state index contributed by atoms with van der Waals surface area (Å²) in [5.74, 6) is -0.0374. The molecule has 1 aromatic carbocycles. The number of pyridine rings is 1. The van der Waals surface area contributed by atoms with Crippen LogP contribution in [0.2, 0.25) is 5.02 Å². The maximum atomic E-state index is 12.6. The Morgan fingerprint density at radius 1 is 1.04 bits per heavy atom. The molecule has 2 fully saturated rings. The molecule has 0 aliphatic carbocycles. The maximum Gasteiger partial charge on any atom is 0.253 e. The lowest BCUT2D eigenvalue weighted by Gasteiger charge is -2.29. The van der Waals surface area contributed by atoms with E-state index in [1.54, 1.807) is 12.4 Å². The van der Waals surface area contributed by atoms with Gasteiger partial charge in [0.25, 0.3) is 5.91 Å². The molecule has 2 unspecified atom stereocenters. The first kappa shape index (κ1) is 21.0. The number of hydrogen-bond donors (Lipinski definition) is 2. The van der Waals surface area contributed by atoms with E-state index in [9.17, 15) is 4.79 Å². The van der Waals surface area contributed by atoms with Crippen molar-refractivity contribution in [3.63, 3.8) is 0 Å². The van der Waals surface area contributed by atoms with Crippen LogP contribution in [0.4, 0.5) is 0 Å². The minimum atomic E-state index is -0.0374. The average molecular weight is 415 g/mol. The molecule has 2 bridgehead atoms. The van der Waals surface area contributed by atoms with Crippen molar-refractivity contribution in [3.05, 3.63) is 53.3 Å². The van der Waals surface area contributed by atoms with Crippen LogP contribution in [0, 0.1) is 0 Å². The monoisotopic (exact) mass is 413 g/mol. The van der Waals surface area contributed by atoms with Crippen molar-refractivity contribution >= 4 is 42.3 Å². The Morgan fingerprint density at radius 2 is 1.69 bits per heavy atom. The summed E-state index contributed by atoms with van der Waals surface area (Å²) in [7, 11) is 0. The first-order valence-electron chi connectivity index (χ1n) is 8.45. The Hall–Kier alpha value is -1.33. The van der Waals surface area contributed by atoms with Gasteiger partial charge in [0.2, 0.25) is 0 Å². The normalized spacial score (nSPS) is 23.5. The van der Waals surface area contributed by atoms with Gasteiger partial charge in [-0.2, -0.15) is 0 Å². The number of piperidine rings is 1. The second kappa shape index (κ2) is 9.05. The topological polar surface area (TPSA) is 54.0 Å². The summed E-state index contributed by atoms with van der Waals surface area (Å²) in [5.41, 5.74) is 2.53. The van der Waals surface area contributed by atoms with Gasteiger partial charge in [-0.25, -0.2) is 0 Å². The zero-order valence-corrected chi connectivity index (χ0v) is 16.5. The Morgan fingerprint density at radius 3 is 2.35 bits per heavy atom. The van der Waals surface area contributed by atoms with Crippen LogP contribution in [0.15, 0.2) is 42.7 Å². The first-order chi connectivity index (χ1) is 11.7. The van der Waals surface area contributed by atoms with Crippen LogP contribution in [-0.2, 0) is 0 Å². The van der Waals surface area contributed by atoms with E-state index in [-0.39, 0.29) is 36.8 Å². The largest absolute Gasteiger partial charge is 0.349 e. The van der Waals surface area contributed by atoms with Crippen LogP contribution >= 0.6 is 36.4 Å². The lowest BCUT2D eigenvalue weighted by atomic mass is 9.99. The molecular formula is C19H22Cl3N3O. The van der Waals surface area contributed by atoms with E-state index in [2.05, 4.69) is 15.6 Å². The first-order valence-corrected chi connectivity index (χ1v) is 8.83. The number of rotatable bonds is 3. The van der Waals surface area contributed by atoms with Crippen LogP contribution in [0.1, 0.15) is 36.0 Å². The Kier molecular flexibility index (Phi) is 7.30. The average Bonchev–Trinajstić information content (AvgIpc) is 2.94. The number of fused-ring (bicyclic) bond motifs is 2. The Bertz CT molecular complexity index is 742. The zero-order valence-electron chi connectivity index (χ0n) is 14.2. The fraction of sp³-hybridized carbons (Fsp3) is 0.368. The molecule has 140 valence electrons. The molecule has 2 saturated heterocycles. The van der Waals surface area contributed by atoms with Gasteiger partial charge in [0.15, 0.2) is 0 Å². The number of carbonyl (C=O) groups excluding carboxylic acids is 1. The standard InChI is InChI=1S/C19H20ClN3O.2ClH/c20-15-3-1-12(2-4-15)13-7-14(11-21-10-13)19(24)23-18-8-16-5-6-17(9-18)22-16;;/h1-4,7,10-11,16-18,22H,5-6,8-9H2,(H,23,24);2*1H. The lowest BCUT2D eigenvalue weighted by Crippen LogP contribution is -2.48. The number of nitrogens with zero attached hydrogens (tertiary/aromatic N) is 1. The molecule has 1 amide bonds. The minimum absolute atomic E-state index is 0. The van der Waals surface area contributed by atoms with E-state index in [1.807, 2.05) is 30.3 Å². The predicted octanol–water partition coefficient (Wildman–Crippen LogP) is 4.26. The molecule has 2 aliphatic heterocycles. The third-order valence-corrected chi connectivity index (χ3v) is 5.24. The van der Waals surface area contributed by atoms with Gasteiger partial charge in [-0.05, 0) is 49.4 Å². The van der Waals surface area contributed by atoms with Crippen LogP contribution < -0.4 is 10.6 Å². The third kappa shape index (κ3) is 4.68. The van der Waals surface area contributed by atoms with Crippen molar-refractivity contribution in [2.24, 2.45) is 0 Å². The van der Waals surface area contributed by atoms with Crippen molar-refractivity contribution in [2.45, 2.75) is 43.8 Å². The number of benzene rings is 1. The van der Waals surface area contributed by atoms with Gasteiger partial charge in [-0.1, -0.05) is 23.7 Å². The summed E-state index contributed by atoms with van der Waals surface area (Å²) < 4.78 is 0. The Labute approximate surface area is 170 Å². The van der Waals surface area contributed by atoms with Crippen molar-refractivity contribution in [1.82, 2.24) is 15.6 Å². The van der Waals surface area contributed by atoms with Crippen LogP contribution in [0.5, 0.6) is 0 Å². The highest BCUT2D eigenvalue weighted by atomic mass is 35.5. The maximum absolute atomic E-state index is 12.6. The molecule has 2 aromatic rings. The third-order valence-electron chi connectivity index (χ3n) is 4.99. The zero-order chi connectivity index (χ0) is 16.5. The second-order valence-corrected chi connectivity index (χ2v) is 7.19. The summed E-state index contributed by atoms with van der Waals surface area (Å²) in [6, 6.07) is 10.8. The molecule has 7 heteroatoms. The van der Waals surface area contributed by atoms with E-state index in [0.29, 0.717) is 22.7 Å². The summed E-state index contributed by atoms with van der Waals surface area (Å²) in [6.45, 7) is 0. The van der Waals surface area contributed by atoms with Gasteiger partial charge in [0.1, 0.15) is 0 Å². The van der Waals surface area contributed by atoms with Gasteiger partial charge >= 0.3 is 0 Å². The van der Waals surface area contributed by atoms with E-state index >= 15 is 0 Å². The van der Waals surface area contributed by atoms with Crippen LogP contribution in [0.25, 0.3) is 11.1 Å². The van der Waals surface area contributed by atoms with Crippen molar-refractivity contribution < 1.29 is 4.79 Å². The number of hydrogen-bond acceptors (Lipinski definition) is 3. The number of nitrogens with one attached hydrogen (secondary N) is 2. The molecule has 3 heterocycles. The van der Waals surface area contributed by atoms with Gasteiger partial charge in [-0.3, -0.25) is 9.78 Å². The highest BCUT2D eigenvalue weighted by molar-refractivity contribution is 6.30. The van der Waals surface area contributed by atoms with Gasteiger partial charge < -0.3 is 10.6 Å². The smallest absolute Gasteiger partial charge is 0.253 e. The lowest BCUT2D eigenvalue weighted by molar-refractivity contribution is 0.0923. The van der Waals surface area contributed by atoms with Crippen molar-refractivity contribution in [2.75, 3.05) is 0 Å². The molecule has 0 radical (unpaired) electrons. The highest BCUT2D eigenvalue weighted by Crippen LogP contribution is 2.27. The molecule has 4 rings (SSSR count). The summed E-state index contributed by atoms with van der Waals surface area (Å²) in [6.07, 6.45) is 7.89. The minimum Gasteiger partial charge on any atom is -0.349 e. The molecule has 1 aromatic heterocycles. The van der Waals surface area contributed by atoms with Crippen LogP contribution in [-0.4, -0.2) is 29.0 Å². The summed E-state index contributed by atoms with van der Waals surface area (Å²) in [4.78, 5) is 16.8. The summed E-state index contributed by atoms with van der Waals surface area (Å²) >= 11 is 5.93. The Balaban J connectivity index is 0.00000121. The predicted molar refractivity (Wildman–Crippen MR) is 110 cm³/mol. The molecule has 26 heavy (non-hydrogen) atoms. The molecule has 2 atom stereocenters. The molecule has 2 aliphatic rings. The van der Waals surface area contributed by atoms with E-state index in [4.69, 9.17) is 11.6 Å². The molecule has 0 saturated carbocycles. The highest BCUT2D eigenvalue weighted by Gasteiger charge is 2.34. The molecule has 0 spiro atoms. The molecule has 2 N–H and O–H groups in total. The van der Waals surface area contributed by atoms with Gasteiger partial charge in [0, 0.05) is 41.1 Å². The van der Waals surface area contributed by atoms with Crippen molar-refractivity contribution in [1.29, 1.82) is 0 Å². The summed E-state index contributed by atoms with van der Waals surface area (Å²) in [5, 5.41) is 7.47. The second-order valence-electron chi connectivity index (χ2n) is 6.75. The quantitative estimate of drug-likeness (QED) is 0.789. The van der Waals surface area contributed by atoms with E-state index in [0.717, 1.165) is 24.0 Å². The van der Waals surface area contributed by atoms with E-state index < -0.39 is 0 Å². The fourth-order valence-electron chi connectivity index (χ4n) is 3.81. The number of amides is 1. The number of aromatic nitrogens is 1. The molecule has 4 nitrogen and oxygen atoms in total. The van der Waals surface area contributed by atoms with E-state index in [1.165, 1.54) is 12.8 Å². The van der Waals surface area contributed by atoms with Crippen molar-refractivity contribution in [3.8, 4) is 11.1 Å². The number of halogens is 3. The van der Waals surface area contributed by atoms with Gasteiger partial charge in [0.05, 0.1) is 5.56 Å².